The van der Waals surface area contributed by atoms with Crippen molar-refractivity contribution in [3.05, 3.63) is 18.6 Å². The van der Waals surface area contributed by atoms with E-state index < -0.39 is 0 Å². The highest BCUT2D eigenvalue weighted by Crippen LogP contribution is 2.12. The molecule has 1 aliphatic heterocycles. The molecule has 0 aliphatic carbocycles. The summed E-state index contributed by atoms with van der Waals surface area (Å²) < 4.78 is 2.09. The first kappa shape index (κ1) is 14.6. The largest absolute Gasteiger partial charge is 0.332 e. The molecule has 1 aromatic rings. The van der Waals surface area contributed by atoms with Crippen LogP contribution in [0.15, 0.2) is 18.6 Å². The number of amides is 2. The number of aryl methyl sites for hydroxylation is 1. The van der Waals surface area contributed by atoms with Gasteiger partial charge in [-0.05, 0) is 11.4 Å². The van der Waals surface area contributed by atoms with Gasteiger partial charge >= 0.3 is 6.03 Å². The van der Waals surface area contributed by atoms with Crippen LogP contribution in [0.4, 0.5) is 10.6 Å². The molecule has 1 fully saturated rings. The van der Waals surface area contributed by atoms with Gasteiger partial charge in [0, 0.05) is 46.3 Å². The van der Waals surface area contributed by atoms with Gasteiger partial charge in [-0.15, -0.1) is 0 Å². The molecular formula is C14H24N5O+. The first-order valence-corrected chi connectivity index (χ1v) is 7.18. The van der Waals surface area contributed by atoms with Crippen molar-refractivity contribution >= 4 is 11.8 Å². The molecule has 6 nitrogen and oxygen atoms in total. The zero-order chi connectivity index (χ0) is 14.5. The summed E-state index contributed by atoms with van der Waals surface area (Å²) in [6.45, 7) is 6.33. The van der Waals surface area contributed by atoms with Crippen LogP contribution < -0.4 is 9.47 Å². The molecule has 0 saturated carbocycles. The Hall–Kier alpha value is -1.85. The standard InChI is InChI=1S/C14H24N5O/c1-4-6-17-7-5-13(15-12-17)18-8-10-19(11-9-18)14(20)16(2)3/h5,7,12H,4,6,8-11H2,1-3H3/q+1. The summed E-state index contributed by atoms with van der Waals surface area (Å²) in [5.41, 5.74) is 0. The molecule has 1 aliphatic rings. The van der Waals surface area contributed by atoms with Crippen LogP contribution in [0, 0.1) is 0 Å². The van der Waals surface area contributed by atoms with Gasteiger partial charge in [-0.3, -0.25) is 0 Å². The van der Waals surface area contributed by atoms with Crippen molar-refractivity contribution in [2.24, 2.45) is 0 Å². The van der Waals surface area contributed by atoms with E-state index >= 15 is 0 Å². The maximum Gasteiger partial charge on any atom is 0.319 e. The molecule has 2 rings (SSSR count). The van der Waals surface area contributed by atoms with E-state index in [-0.39, 0.29) is 6.03 Å². The minimum absolute atomic E-state index is 0.0893. The Balaban J connectivity index is 1.91. The van der Waals surface area contributed by atoms with E-state index in [1.807, 2.05) is 11.2 Å². The number of carbonyl (C=O) groups is 1. The average Bonchev–Trinajstić information content (AvgIpc) is 2.48. The second-order valence-corrected chi connectivity index (χ2v) is 5.31. The van der Waals surface area contributed by atoms with Crippen LogP contribution in [-0.2, 0) is 6.54 Å². The fourth-order valence-electron chi connectivity index (χ4n) is 2.36. The first-order valence-electron chi connectivity index (χ1n) is 7.18. The van der Waals surface area contributed by atoms with Gasteiger partial charge in [0.25, 0.3) is 6.33 Å². The quantitative estimate of drug-likeness (QED) is 0.760. The summed E-state index contributed by atoms with van der Waals surface area (Å²) in [5.74, 6) is 0.995. The van der Waals surface area contributed by atoms with Gasteiger partial charge < -0.3 is 14.7 Å². The molecule has 2 amide bonds. The molecule has 6 heteroatoms. The minimum atomic E-state index is 0.0893. The molecule has 20 heavy (non-hydrogen) atoms. The third kappa shape index (κ3) is 3.37. The van der Waals surface area contributed by atoms with E-state index in [9.17, 15) is 4.79 Å². The number of carbonyl (C=O) groups excluding carboxylic acids is 1. The smallest absolute Gasteiger partial charge is 0.319 e. The van der Waals surface area contributed by atoms with E-state index in [4.69, 9.17) is 0 Å². The fourth-order valence-corrected chi connectivity index (χ4v) is 2.36. The van der Waals surface area contributed by atoms with Gasteiger partial charge in [0.2, 0.25) is 5.82 Å². The van der Waals surface area contributed by atoms with Crippen LogP contribution in [0.1, 0.15) is 13.3 Å². The third-order valence-electron chi connectivity index (χ3n) is 3.49. The van der Waals surface area contributed by atoms with E-state index in [1.165, 1.54) is 0 Å². The van der Waals surface area contributed by atoms with Gasteiger partial charge in [0.05, 0.1) is 12.7 Å². The average molecular weight is 278 g/mol. The Bertz CT molecular complexity index is 437. The van der Waals surface area contributed by atoms with Crippen LogP contribution in [0.5, 0.6) is 0 Å². The van der Waals surface area contributed by atoms with E-state index in [0.29, 0.717) is 0 Å². The predicted octanol–water partition coefficient (Wildman–Crippen LogP) is 0.583. The zero-order valence-corrected chi connectivity index (χ0v) is 12.6. The predicted molar refractivity (Wildman–Crippen MR) is 77.6 cm³/mol. The number of urea groups is 1. The Labute approximate surface area is 120 Å². The van der Waals surface area contributed by atoms with Gasteiger partial charge in [-0.1, -0.05) is 6.92 Å². The Kier molecular flexibility index (Phi) is 4.76. The van der Waals surface area contributed by atoms with Crippen LogP contribution in [0.3, 0.4) is 0 Å². The van der Waals surface area contributed by atoms with Crippen molar-refractivity contribution in [3.8, 4) is 0 Å². The molecule has 0 spiro atoms. The minimum Gasteiger partial charge on any atom is -0.332 e. The summed E-state index contributed by atoms with van der Waals surface area (Å²) in [7, 11) is 3.58. The summed E-state index contributed by atoms with van der Waals surface area (Å²) >= 11 is 0. The molecule has 0 bridgehead atoms. The second kappa shape index (κ2) is 6.54. The van der Waals surface area contributed by atoms with Crippen molar-refractivity contribution in [3.63, 3.8) is 0 Å². The molecule has 0 unspecified atom stereocenters. The van der Waals surface area contributed by atoms with Crippen molar-refractivity contribution in [1.29, 1.82) is 0 Å². The van der Waals surface area contributed by atoms with Gasteiger partial charge in [-0.25, -0.2) is 9.36 Å². The van der Waals surface area contributed by atoms with E-state index in [1.54, 1.807) is 19.0 Å². The molecule has 0 N–H and O–H groups in total. The van der Waals surface area contributed by atoms with Gasteiger partial charge in [-0.2, -0.15) is 0 Å². The Morgan fingerprint density at radius 2 is 2.05 bits per heavy atom. The highest BCUT2D eigenvalue weighted by molar-refractivity contribution is 5.74. The topological polar surface area (TPSA) is 43.6 Å². The molecule has 0 radical (unpaired) electrons. The maximum absolute atomic E-state index is 11.9. The zero-order valence-electron chi connectivity index (χ0n) is 12.6. The number of hydrogen-bond acceptors (Lipinski definition) is 3. The number of piperazine rings is 1. The second-order valence-electron chi connectivity index (χ2n) is 5.31. The normalized spacial score (nSPS) is 15.3. The van der Waals surface area contributed by atoms with Crippen LogP contribution in [0.2, 0.25) is 0 Å². The van der Waals surface area contributed by atoms with Crippen LogP contribution >= 0.6 is 0 Å². The number of nitrogens with zero attached hydrogens (tertiary/aromatic N) is 5. The maximum atomic E-state index is 11.9. The van der Waals surface area contributed by atoms with Crippen molar-refractivity contribution < 1.29 is 9.36 Å². The number of hydrogen-bond donors (Lipinski definition) is 0. The van der Waals surface area contributed by atoms with Crippen molar-refractivity contribution in [2.45, 2.75) is 19.9 Å². The molecule has 1 saturated heterocycles. The lowest BCUT2D eigenvalue weighted by Gasteiger charge is -2.35. The highest BCUT2D eigenvalue weighted by atomic mass is 16.2. The van der Waals surface area contributed by atoms with Crippen LogP contribution in [0.25, 0.3) is 0 Å². The lowest BCUT2D eigenvalue weighted by Crippen LogP contribution is -2.51. The molecule has 2 heterocycles. The Morgan fingerprint density at radius 3 is 2.55 bits per heavy atom. The fraction of sp³-hybridized carbons (Fsp3) is 0.643. The van der Waals surface area contributed by atoms with Gasteiger partial charge in [0.1, 0.15) is 0 Å². The number of aromatic nitrogens is 2. The van der Waals surface area contributed by atoms with E-state index in [2.05, 4.69) is 33.6 Å². The third-order valence-corrected chi connectivity index (χ3v) is 3.49. The monoisotopic (exact) mass is 278 g/mol. The lowest BCUT2D eigenvalue weighted by atomic mass is 10.3. The lowest BCUT2D eigenvalue weighted by molar-refractivity contribution is -0.699. The number of rotatable bonds is 3. The SMILES string of the molecule is CCC[n+]1ccc(N2CCN(C(=O)N(C)C)CC2)nc1. The molecule has 0 atom stereocenters. The van der Waals surface area contributed by atoms with Crippen LogP contribution in [-0.4, -0.2) is 61.1 Å². The number of anilines is 1. The van der Waals surface area contributed by atoms with E-state index in [0.717, 1.165) is 45.0 Å². The summed E-state index contributed by atoms with van der Waals surface area (Å²) in [6, 6.07) is 2.14. The highest BCUT2D eigenvalue weighted by Gasteiger charge is 2.24. The molecule has 110 valence electrons. The summed E-state index contributed by atoms with van der Waals surface area (Å²) in [4.78, 5) is 22.1. The van der Waals surface area contributed by atoms with Crippen molar-refractivity contribution in [1.82, 2.24) is 14.8 Å². The summed E-state index contributed by atoms with van der Waals surface area (Å²) in [6.07, 6.45) is 5.07. The molecule has 0 aromatic carbocycles. The Morgan fingerprint density at radius 1 is 1.35 bits per heavy atom. The molecular weight excluding hydrogens is 254 g/mol. The molecule has 1 aromatic heterocycles. The van der Waals surface area contributed by atoms with Crippen molar-refractivity contribution in [2.75, 3.05) is 45.2 Å². The summed E-state index contributed by atoms with van der Waals surface area (Å²) in [5, 5.41) is 0. The van der Waals surface area contributed by atoms with Gasteiger partial charge in [0.15, 0.2) is 0 Å². The first-order chi connectivity index (χ1) is 9.61.